The predicted molar refractivity (Wildman–Crippen MR) is 39.6 cm³/mol. The molecule has 0 atom stereocenters. The molecule has 0 amide bonds. The molecule has 0 radical (unpaired) electrons. The van der Waals surface area contributed by atoms with E-state index in [1.54, 1.807) is 6.20 Å². The number of aryl methyl sites for hydroxylation is 1. The lowest BCUT2D eigenvalue weighted by Crippen LogP contribution is -2.01. The van der Waals surface area contributed by atoms with Crippen molar-refractivity contribution in [2.75, 3.05) is 6.54 Å². The molecule has 0 spiro atoms. The Morgan fingerprint density at radius 1 is 1.27 bits per heavy atom. The predicted octanol–water partition coefficient (Wildman–Crippen LogP) is -0.452. The summed E-state index contributed by atoms with van der Waals surface area (Å²) in [6, 6.07) is 0. The zero-order valence-corrected chi connectivity index (χ0v) is 6.27. The third-order valence-corrected chi connectivity index (χ3v) is 1.36. The minimum Gasteiger partial charge on any atom is -0.330 e. The number of hydrogen-bond donors (Lipinski definition) is 1. The lowest BCUT2D eigenvalue weighted by molar-refractivity contribution is 0.677. The zero-order chi connectivity index (χ0) is 7.94. The van der Waals surface area contributed by atoms with Crippen LogP contribution in [-0.4, -0.2) is 27.2 Å². The van der Waals surface area contributed by atoms with E-state index < -0.39 is 0 Å². The van der Waals surface area contributed by atoms with Crippen molar-refractivity contribution in [1.82, 2.24) is 20.6 Å². The van der Waals surface area contributed by atoms with Crippen molar-refractivity contribution in [3.05, 3.63) is 11.9 Å². The SMILES string of the molecule is NCCCCc1cnnnn1. The molecular weight excluding hydrogens is 142 g/mol. The highest BCUT2D eigenvalue weighted by Gasteiger charge is 1.93. The average Bonchev–Trinajstić information content (AvgIpc) is 2.07. The van der Waals surface area contributed by atoms with Crippen LogP contribution in [0.3, 0.4) is 0 Å². The standard InChI is InChI=1S/C6H11N5/c7-4-2-1-3-6-5-8-10-11-9-6/h5H,1-4,7H2. The summed E-state index contributed by atoms with van der Waals surface area (Å²) in [5.41, 5.74) is 6.21. The first-order valence-corrected chi connectivity index (χ1v) is 3.63. The Hall–Kier alpha value is -1.10. The van der Waals surface area contributed by atoms with Gasteiger partial charge in [0.1, 0.15) is 0 Å². The molecule has 1 aromatic heterocycles. The molecule has 1 aromatic rings. The molecule has 0 aliphatic heterocycles. The largest absolute Gasteiger partial charge is 0.330 e. The summed E-state index contributed by atoms with van der Waals surface area (Å²) in [5, 5.41) is 14.2. The monoisotopic (exact) mass is 153 g/mol. The van der Waals surface area contributed by atoms with E-state index in [4.69, 9.17) is 5.73 Å². The van der Waals surface area contributed by atoms with Gasteiger partial charge in [-0.2, -0.15) is 0 Å². The number of hydrogen-bond acceptors (Lipinski definition) is 5. The first-order chi connectivity index (χ1) is 5.43. The van der Waals surface area contributed by atoms with Gasteiger partial charge in [-0.1, -0.05) is 0 Å². The van der Waals surface area contributed by atoms with Crippen LogP contribution in [0.2, 0.25) is 0 Å². The number of unbranched alkanes of at least 4 members (excludes halogenated alkanes) is 1. The fourth-order valence-corrected chi connectivity index (χ4v) is 0.784. The summed E-state index contributed by atoms with van der Waals surface area (Å²) in [6.45, 7) is 0.728. The first-order valence-electron chi connectivity index (χ1n) is 3.63. The van der Waals surface area contributed by atoms with E-state index in [9.17, 15) is 0 Å². The van der Waals surface area contributed by atoms with Gasteiger partial charge in [0, 0.05) is 0 Å². The fraction of sp³-hybridized carbons (Fsp3) is 0.667. The Morgan fingerprint density at radius 2 is 2.18 bits per heavy atom. The average molecular weight is 153 g/mol. The number of rotatable bonds is 4. The quantitative estimate of drug-likeness (QED) is 0.593. The summed E-state index contributed by atoms with van der Waals surface area (Å²) >= 11 is 0. The summed E-state index contributed by atoms with van der Waals surface area (Å²) in [7, 11) is 0. The van der Waals surface area contributed by atoms with Crippen LogP contribution in [0, 0.1) is 0 Å². The van der Waals surface area contributed by atoms with Gasteiger partial charge in [0.25, 0.3) is 0 Å². The Labute approximate surface area is 65.0 Å². The van der Waals surface area contributed by atoms with Gasteiger partial charge < -0.3 is 5.73 Å². The number of nitrogens with two attached hydrogens (primary N) is 1. The molecule has 0 aromatic carbocycles. The van der Waals surface area contributed by atoms with Gasteiger partial charge in [0.05, 0.1) is 11.9 Å². The molecule has 2 N–H and O–H groups in total. The maximum absolute atomic E-state index is 5.33. The van der Waals surface area contributed by atoms with Crippen molar-refractivity contribution in [1.29, 1.82) is 0 Å². The van der Waals surface area contributed by atoms with Crippen LogP contribution >= 0.6 is 0 Å². The molecule has 0 aliphatic carbocycles. The highest BCUT2D eigenvalue weighted by atomic mass is 15.4. The topological polar surface area (TPSA) is 77.6 Å². The first kappa shape index (κ1) is 8.00. The van der Waals surface area contributed by atoms with E-state index in [-0.39, 0.29) is 0 Å². The summed E-state index contributed by atoms with van der Waals surface area (Å²) in [4.78, 5) is 0. The molecule has 11 heavy (non-hydrogen) atoms. The van der Waals surface area contributed by atoms with Crippen molar-refractivity contribution >= 4 is 0 Å². The van der Waals surface area contributed by atoms with Crippen molar-refractivity contribution < 1.29 is 0 Å². The molecule has 5 nitrogen and oxygen atoms in total. The molecule has 0 fully saturated rings. The van der Waals surface area contributed by atoms with Gasteiger partial charge in [-0.15, -0.1) is 10.2 Å². The molecule has 60 valence electrons. The van der Waals surface area contributed by atoms with Gasteiger partial charge >= 0.3 is 0 Å². The van der Waals surface area contributed by atoms with E-state index in [1.807, 2.05) is 0 Å². The van der Waals surface area contributed by atoms with Crippen molar-refractivity contribution in [3.8, 4) is 0 Å². The minimum absolute atomic E-state index is 0.728. The smallest absolute Gasteiger partial charge is 0.0851 e. The second-order valence-electron chi connectivity index (χ2n) is 2.26. The van der Waals surface area contributed by atoms with Crippen molar-refractivity contribution in [2.45, 2.75) is 19.3 Å². The lowest BCUT2D eigenvalue weighted by atomic mass is 10.2. The summed E-state index contributed by atoms with van der Waals surface area (Å²) in [6.07, 6.45) is 4.57. The van der Waals surface area contributed by atoms with E-state index in [0.29, 0.717) is 0 Å². The maximum Gasteiger partial charge on any atom is 0.0851 e. The van der Waals surface area contributed by atoms with Crippen molar-refractivity contribution in [3.63, 3.8) is 0 Å². The Balaban J connectivity index is 2.28. The molecular formula is C6H11N5. The number of nitrogens with zero attached hydrogens (tertiary/aromatic N) is 4. The van der Waals surface area contributed by atoms with Crippen LogP contribution in [0.1, 0.15) is 18.5 Å². The summed E-state index contributed by atoms with van der Waals surface area (Å²) in [5.74, 6) is 0. The van der Waals surface area contributed by atoms with Gasteiger partial charge in [-0.25, -0.2) is 0 Å². The zero-order valence-electron chi connectivity index (χ0n) is 6.27. The van der Waals surface area contributed by atoms with E-state index in [0.717, 1.165) is 31.5 Å². The number of aromatic nitrogens is 4. The third-order valence-electron chi connectivity index (χ3n) is 1.36. The van der Waals surface area contributed by atoms with Gasteiger partial charge in [-0.05, 0) is 36.2 Å². The summed E-state index contributed by atoms with van der Waals surface area (Å²) < 4.78 is 0. The molecule has 0 unspecified atom stereocenters. The van der Waals surface area contributed by atoms with E-state index in [2.05, 4.69) is 20.6 Å². The van der Waals surface area contributed by atoms with Crippen LogP contribution < -0.4 is 5.73 Å². The molecule has 0 bridgehead atoms. The van der Waals surface area contributed by atoms with E-state index >= 15 is 0 Å². The van der Waals surface area contributed by atoms with Crippen LogP contribution in [0.25, 0.3) is 0 Å². The highest BCUT2D eigenvalue weighted by molar-refractivity contribution is 4.88. The molecule has 5 heteroatoms. The normalized spacial score (nSPS) is 9.91. The van der Waals surface area contributed by atoms with Gasteiger partial charge in [0.2, 0.25) is 0 Å². The van der Waals surface area contributed by atoms with Gasteiger partial charge in [0.15, 0.2) is 0 Å². The van der Waals surface area contributed by atoms with Gasteiger partial charge in [-0.3, -0.25) is 0 Å². The Morgan fingerprint density at radius 3 is 2.82 bits per heavy atom. The van der Waals surface area contributed by atoms with Crippen LogP contribution in [0.5, 0.6) is 0 Å². The minimum atomic E-state index is 0.728. The van der Waals surface area contributed by atoms with E-state index in [1.165, 1.54) is 0 Å². The maximum atomic E-state index is 5.33. The molecule has 0 saturated heterocycles. The second-order valence-corrected chi connectivity index (χ2v) is 2.26. The molecule has 1 rings (SSSR count). The second kappa shape index (κ2) is 4.68. The Kier molecular flexibility index (Phi) is 3.40. The lowest BCUT2D eigenvalue weighted by Gasteiger charge is -1.94. The molecule has 0 saturated carbocycles. The Bertz CT molecular complexity index is 187. The fourth-order valence-electron chi connectivity index (χ4n) is 0.784. The van der Waals surface area contributed by atoms with Crippen molar-refractivity contribution in [2.24, 2.45) is 5.73 Å². The highest BCUT2D eigenvalue weighted by Crippen LogP contribution is 1.96. The molecule has 0 aliphatic rings. The van der Waals surface area contributed by atoms with Crippen LogP contribution in [0.4, 0.5) is 0 Å². The molecule has 1 heterocycles. The van der Waals surface area contributed by atoms with Crippen LogP contribution in [0.15, 0.2) is 6.20 Å². The van der Waals surface area contributed by atoms with Crippen LogP contribution in [-0.2, 0) is 6.42 Å². The third kappa shape index (κ3) is 2.99.